The minimum absolute atomic E-state index is 0.0497. The molecule has 0 fully saturated rings. The van der Waals surface area contributed by atoms with Crippen molar-refractivity contribution >= 4 is 11.9 Å². The van der Waals surface area contributed by atoms with Crippen LogP contribution in [-0.2, 0) is 9.59 Å². The fraction of sp³-hybridized carbons (Fsp3) is 0.867. The highest BCUT2D eigenvalue weighted by Gasteiger charge is 2.18. The Hall–Kier alpha value is -1.06. The minimum Gasteiger partial charge on any atom is -0.481 e. The maximum Gasteiger partial charge on any atom is 0.303 e. The summed E-state index contributed by atoms with van der Waals surface area (Å²) in [6.45, 7) is 10.6. The standard InChI is InChI=1S/C15H29NO3/c1-11(10-15(3,4)5)9-13(17)16-12(2)7-6-8-14(18)19/h11-12H,6-10H2,1-5H3,(H,16,17)(H,18,19). The number of rotatable bonds is 8. The molecule has 0 aliphatic carbocycles. The van der Waals surface area contributed by atoms with E-state index in [0.717, 1.165) is 6.42 Å². The minimum atomic E-state index is -0.780. The Kier molecular flexibility index (Phi) is 7.72. The first-order chi connectivity index (χ1) is 8.60. The maximum absolute atomic E-state index is 11.8. The molecule has 0 radical (unpaired) electrons. The van der Waals surface area contributed by atoms with E-state index < -0.39 is 5.97 Å². The quantitative estimate of drug-likeness (QED) is 0.712. The topological polar surface area (TPSA) is 66.4 Å². The van der Waals surface area contributed by atoms with E-state index in [2.05, 4.69) is 33.0 Å². The number of carbonyl (C=O) groups excluding carboxylic acids is 1. The van der Waals surface area contributed by atoms with Gasteiger partial charge in [-0.15, -0.1) is 0 Å². The van der Waals surface area contributed by atoms with Crippen molar-refractivity contribution < 1.29 is 14.7 Å². The van der Waals surface area contributed by atoms with Crippen LogP contribution in [0.15, 0.2) is 0 Å². The first-order valence-corrected chi connectivity index (χ1v) is 7.11. The van der Waals surface area contributed by atoms with Crippen LogP contribution >= 0.6 is 0 Å². The van der Waals surface area contributed by atoms with Crippen LogP contribution in [-0.4, -0.2) is 23.0 Å². The van der Waals surface area contributed by atoms with E-state index in [4.69, 9.17) is 5.11 Å². The second kappa shape index (κ2) is 8.18. The first-order valence-electron chi connectivity index (χ1n) is 7.11. The number of aliphatic carboxylic acids is 1. The Labute approximate surface area is 117 Å². The molecule has 0 aliphatic heterocycles. The molecular formula is C15H29NO3. The Bertz CT molecular complexity index is 294. The molecule has 4 heteroatoms. The number of amides is 1. The molecule has 0 aromatic rings. The summed E-state index contributed by atoms with van der Waals surface area (Å²) in [4.78, 5) is 22.2. The first kappa shape index (κ1) is 17.9. The molecule has 0 spiro atoms. The van der Waals surface area contributed by atoms with Gasteiger partial charge in [0.15, 0.2) is 0 Å². The van der Waals surface area contributed by atoms with Crippen molar-refractivity contribution in [3.05, 3.63) is 0 Å². The average molecular weight is 271 g/mol. The highest BCUT2D eigenvalue weighted by atomic mass is 16.4. The number of carbonyl (C=O) groups is 2. The summed E-state index contributed by atoms with van der Waals surface area (Å²) in [7, 11) is 0. The second-order valence-corrected chi connectivity index (χ2v) is 6.83. The Morgan fingerprint density at radius 2 is 1.79 bits per heavy atom. The van der Waals surface area contributed by atoms with Gasteiger partial charge in [-0.25, -0.2) is 0 Å². The molecule has 1 amide bonds. The molecule has 2 N–H and O–H groups in total. The lowest BCUT2D eigenvalue weighted by Crippen LogP contribution is -2.33. The van der Waals surface area contributed by atoms with Crippen molar-refractivity contribution in [3.8, 4) is 0 Å². The van der Waals surface area contributed by atoms with Crippen LogP contribution < -0.4 is 5.32 Å². The summed E-state index contributed by atoms with van der Waals surface area (Å²) in [5.74, 6) is -0.344. The fourth-order valence-corrected chi connectivity index (χ4v) is 2.40. The van der Waals surface area contributed by atoms with Gasteiger partial charge >= 0.3 is 5.97 Å². The molecule has 0 heterocycles. The molecule has 0 saturated heterocycles. The van der Waals surface area contributed by atoms with Crippen molar-refractivity contribution in [2.24, 2.45) is 11.3 Å². The zero-order chi connectivity index (χ0) is 15.1. The van der Waals surface area contributed by atoms with Crippen molar-refractivity contribution in [1.82, 2.24) is 5.32 Å². The molecule has 19 heavy (non-hydrogen) atoms. The third-order valence-electron chi connectivity index (χ3n) is 2.93. The van der Waals surface area contributed by atoms with Crippen molar-refractivity contribution in [3.63, 3.8) is 0 Å². The van der Waals surface area contributed by atoms with Crippen LogP contribution in [0, 0.1) is 11.3 Å². The summed E-state index contributed by atoms with van der Waals surface area (Å²) < 4.78 is 0. The van der Waals surface area contributed by atoms with Crippen LogP contribution in [0.4, 0.5) is 0 Å². The maximum atomic E-state index is 11.8. The zero-order valence-electron chi connectivity index (χ0n) is 13.0. The fourth-order valence-electron chi connectivity index (χ4n) is 2.40. The molecule has 0 bridgehead atoms. The van der Waals surface area contributed by atoms with Crippen LogP contribution in [0.5, 0.6) is 0 Å². The van der Waals surface area contributed by atoms with E-state index in [-0.39, 0.29) is 23.8 Å². The largest absolute Gasteiger partial charge is 0.481 e. The van der Waals surface area contributed by atoms with Gasteiger partial charge in [0.1, 0.15) is 0 Å². The lowest BCUT2D eigenvalue weighted by atomic mass is 9.84. The monoisotopic (exact) mass is 271 g/mol. The second-order valence-electron chi connectivity index (χ2n) is 6.83. The van der Waals surface area contributed by atoms with Gasteiger partial charge in [0.2, 0.25) is 5.91 Å². The highest BCUT2D eigenvalue weighted by Crippen LogP contribution is 2.25. The Morgan fingerprint density at radius 3 is 2.26 bits per heavy atom. The van der Waals surface area contributed by atoms with E-state index in [9.17, 15) is 9.59 Å². The molecule has 112 valence electrons. The van der Waals surface area contributed by atoms with Crippen LogP contribution in [0.1, 0.15) is 66.7 Å². The van der Waals surface area contributed by atoms with Crippen molar-refractivity contribution in [2.75, 3.05) is 0 Å². The lowest BCUT2D eigenvalue weighted by Gasteiger charge is -2.23. The molecule has 4 nitrogen and oxygen atoms in total. The van der Waals surface area contributed by atoms with Gasteiger partial charge in [-0.1, -0.05) is 27.7 Å². The average Bonchev–Trinajstić information content (AvgIpc) is 2.12. The molecule has 2 unspecified atom stereocenters. The van der Waals surface area contributed by atoms with E-state index >= 15 is 0 Å². The summed E-state index contributed by atoms with van der Waals surface area (Å²) in [6.07, 6.45) is 3.05. The number of carboxylic acid groups (broad SMARTS) is 1. The molecular weight excluding hydrogens is 242 g/mol. The van der Waals surface area contributed by atoms with Gasteiger partial charge in [0, 0.05) is 18.9 Å². The summed E-state index contributed by atoms with van der Waals surface area (Å²) in [5.41, 5.74) is 0.243. The van der Waals surface area contributed by atoms with Crippen LogP contribution in [0.25, 0.3) is 0 Å². The van der Waals surface area contributed by atoms with Gasteiger partial charge in [-0.2, -0.15) is 0 Å². The number of carboxylic acids is 1. The van der Waals surface area contributed by atoms with Gasteiger partial charge in [0.05, 0.1) is 0 Å². The van der Waals surface area contributed by atoms with Crippen LogP contribution in [0.2, 0.25) is 0 Å². The predicted octanol–water partition coefficient (Wildman–Crippen LogP) is 3.21. The van der Waals surface area contributed by atoms with Crippen LogP contribution in [0.3, 0.4) is 0 Å². The molecule has 0 aliphatic rings. The third kappa shape index (κ3) is 11.7. The van der Waals surface area contributed by atoms with Gasteiger partial charge in [-0.3, -0.25) is 9.59 Å². The Morgan fingerprint density at radius 1 is 1.21 bits per heavy atom. The zero-order valence-corrected chi connectivity index (χ0v) is 13.0. The van der Waals surface area contributed by atoms with Gasteiger partial charge in [-0.05, 0) is 37.5 Å². The van der Waals surface area contributed by atoms with E-state index in [1.807, 2.05) is 6.92 Å². The summed E-state index contributed by atoms with van der Waals surface area (Å²) >= 11 is 0. The summed E-state index contributed by atoms with van der Waals surface area (Å²) in [6, 6.07) is 0.0497. The molecule has 0 saturated carbocycles. The van der Waals surface area contributed by atoms with E-state index in [0.29, 0.717) is 25.2 Å². The number of nitrogens with one attached hydrogen (secondary N) is 1. The van der Waals surface area contributed by atoms with E-state index in [1.54, 1.807) is 0 Å². The van der Waals surface area contributed by atoms with Gasteiger partial charge in [0.25, 0.3) is 0 Å². The number of hydrogen-bond donors (Lipinski definition) is 2. The lowest BCUT2D eigenvalue weighted by molar-refractivity contribution is -0.137. The molecule has 0 aromatic heterocycles. The highest BCUT2D eigenvalue weighted by molar-refractivity contribution is 5.76. The molecule has 0 aromatic carbocycles. The Balaban J connectivity index is 3.87. The SMILES string of the molecule is CC(CC(=O)NC(C)CCCC(=O)O)CC(C)(C)C. The van der Waals surface area contributed by atoms with E-state index in [1.165, 1.54) is 0 Å². The summed E-state index contributed by atoms with van der Waals surface area (Å²) in [5, 5.41) is 11.5. The number of hydrogen-bond acceptors (Lipinski definition) is 2. The smallest absolute Gasteiger partial charge is 0.303 e. The predicted molar refractivity (Wildman–Crippen MR) is 76.9 cm³/mol. The van der Waals surface area contributed by atoms with Crippen molar-refractivity contribution in [2.45, 2.75) is 72.8 Å². The normalized spacial score (nSPS) is 14.8. The van der Waals surface area contributed by atoms with Gasteiger partial charge < -0.3 is 10.4 Å². The third-order valence-corrected chi connectivity index (χ3v) is 2.93. The molecule has 0 rings (SSSR count). The molecule has 2 atom stereocenters. The van der Waals surface area contributed by atoms with Crippen molar-refractivity contribution in [1.29, 1.82) is 0 Å².